The zero-order valence-electron chi connectivity index (χ0n) is 18.5. The van der Waals surface area contributed by atoms with Gasteiger partial charge < -0.3 is 19.4 Å². The van der Waals surface area contributed by atoms with Gasteiger partial charge in [0.25, 0.3) is 5.91 Å². The number of amides is 1. The quantitative estimate of drug-likeness (QED) is 0.297. The Labute approximate surface area is 201 Å². The van der Waals surface area contributed by atoms with E-state index in [9.17, 15) is 4.79 Å². The molecule has 1 amide bonds. The van der Waals surface area contributed by atoms with Crippen molar-refractivity contribution < 1.29 is 14.3 Å². The zero-order chi connectivity index (χ0) is 23.0. The largest absolute Gasteiger partial charge is 0.493 e. The van der Waals surface area contributed by atoms with Crippen molar-refractivity contribution in [2.75, 3.05) is 20.3 Å². The number of hydrogen-bond acceptors (Lipinski definition) is 4. The van der Waals surface area contributed by atoms with Crippen molar-refractivity contribution in [1.82, 2.24) is 14.9 Å². The van der Waals surface area contributed by atoms with E-state index in [4.69, 9.17) is 14.5 Å². The lowest BCUT2D eigenvalue weighted by atomic mass is 10.2. The number of carbonyl (C=O) groups excluding carboxylic acids is 1. The van der Waals surface area contributed by atoms with Crippen molar-refractivity contribution in [3.8, 4) is 11.5 Å². The topological polar surface area (TPSA) is 65.4 Å². The molecule has 1 N–H and O–H groups in total. The summed E-state index contributed by atoms with van der Waals surface area (Å²) in [6.45, 7) is 1.74. The summed E-state index contributed by atoms with van der Waals surface area (Å²) in [5, 5.41) is 2.99. The molecule has 0 aliphatic rings. The average molecular weight is 508 g/mol. The van der Waals surface area contributed by atoms with Gasteiger partial charge in [0.15, 0.2) is 11.5 Å². The summed E-state index contributed by atoms with van der Waals surface area (Å²) in [6, 6.07) is 23.1. The number of hydrogen-bond donors (Lipinski definition) is 1. The van der Waals surface area contributed by atoms with Gasteiger partial charge in [-0.25, -0.2) is 4.98 Å². The Balaban J connectivity index is 1.37. The van der Waals surface area contributed by atoms with Crippen molar-refractivity contribution in [2.45, 2.75) is 19.4 Å². The van der Waals surface area contributed by atoms with Crippen molar-refractivity contribution in [1.29, 1.82) is 0 Å². The van der Waals surface area contributed by atoms with E-state index in [1.54, 1.807) is 19.2 Å². The van der Waals surface area contributed by atoms with E-state index < -0.39 is 0 Å². The standard InChI is InChI=1S/C26H26BrN3O3/c1-32-23-9-4-5-10-24(23)33-18-17-30-22-8-3-2-7-21(22)29-25(30)11-6-16-28-26(31)19-12-14-20(27)15-13-19/h2-5,7-10,12-15H,6,11,16-18H2,1H3,(H,28,31). The Morgan fingerprint density at radius 3 is 2.52 bits per heavy atom. The molecule has 0 unspecified atom stereocenters. The van der Waals surface area contributed by atoms with Crippen molar-refractivity contribution in [3.63, 3.8) is 0 Å². The third-order valence-electron chi connectivity index (χ3n) is 5.34. The number of aromatic nitrogens is 2. The summed E-state index contributed by atoms with van der Waals surface area (Å²) in [5.41, 5.74) is 2.69. The highest BCUT2D eigenvalue weighted by molar-refractivity contribution is 9.10. The van der Waals surface area contributed by atoms with Gasteiger partial charge in [0.2, 0.25) is 0 Å². The third-order valence-corrected chi connectivity index (χ3v) is 5.87. The number of methoxy groups -OCH3 is 1. The van der Waals surface area contributed by atoms with E-state index in [2.05, 4.69) is 31.9 Å². The summed E-state index contributed by atoms with van der Waals surface area (Å²) in [7, 11) is 1.64. The number of aryl methyl sites for hydroxylation is 1. The summed E-state index contributed by atoms with van der Waals surface area (Å²) < 4.78 is 14.5. The van der Waals surface area contributed by atoms with Gasteiger partial charge in [0.1, 0.15) is 12.4 Å². The van der Waals surface area contributed by atoms with E-state index in [-0.39, 0.29) is 5.91 Å². The molecular weight excluding hydrogens is 482 g/mol. The van der Waals surface area contributed by atoms with Crippen LogP contribution >= 0.6 is 15.9 Å². The highest BCUT2D eigenvalue weighted by atomic mass is 79.9. The van der Waals surface area contributed by atoms with Crippen LogP contribution in [0.25, 0.3) is 11.0 Å². The van der Waals surface area contributed by atoms with Gasteiger partial charge in [-0.15, -0.1) is 0 Å². The first-order valence-electron chi connectivity index (χ1n) is 10.9. The first-order valence-corrected chi connectivity index (χ1v) is 11.7. The maximum atomic E-state index is 12.3. The van der Waals surface area contributed by atoms with Crippen molar-refractivity contribution >= 4 is 32.9 Å². The minimum Gasteiger partial charge on any atom is -0.493 e. The normalized spacial score (nSPS) is 10.8. The van der Waals surface area contributed by atoms with Crippen molar-refractivity contribution in [2.24, 2.45) is 0 Å². The molecule has 0 atom stereocenters. The van der Waals surface area contributed by atoms with Gasteiger partial charge >= 0.3 is 0 Å². The summed E-state index contributed by atoms with van der Waals surface area (Å²) in [4.78, 5) is 17.2. The van der Waals surface area contributed by atoms with E-state index in [0.29, 0.717) is 25.3 Å². The summed E-state index contributed by atoms with van der Waals surface area (Å²) in [5.74, 6) is 2.36. The first-order chi connectivity index (χ1) is 16.2. The fourth-order valence-corrected chi connectivity index (χ4v) is 3.97. The summed E-state index contributed by atoms with van der Waals surface area (Å²) in [6.07, 6.45) is 1.54. The van der Waals surface area contributed by atoms with Gasteiger partial charge in [0.05, 0.1) is 24.7 Å². The van der Waals surface area contributed by atoms with Gasteiger partial charge in [-0.1, -0.05) is 40.2 Å². The highest BCUT2D eigenvalue weighted by Gasteiger charge is 2.12. The van der Waals surface area contributed by atoms with E-state index in [1.165, 1.54) is 0 Å². The van der Waals surface area contributed by atoms with Gasteiger partial charge in [-0.05, 0) is 55.0 Å². The van der Waals surface area contributed by atoms with Crippen LogP contribution in [-0.2, 0) is 13.0 Å². The fraction of sp³-hybridized carbons (Fsp3) is 0.231. The molecule has 0 spiro atoms. The predicted molar refractivity (Wildman–Crippen MR) is 133 cm³/mol. The van der Waals surface area contributed by atoms with Crippen LogP contribution < -0.4 is 14.8 Å². The molecule has 170 valence electrons. The molecule has 1 aromatic heterocycles. The van der Waals surface area contributed by atoms with Crippen LogP contribution in [0.4, 0.5) is 0 Å². The maximum absolute atomic E-state index is 12.3. The molecule has 0 aliphatic carbocycles. The van der Waals surface area contributed by atoms with Crippen LogP contribution in [0, 0.1) is 0 Å². The molecule has 0 saturated carbocycles. The van der Waals surface area contributed by atoms with Crippen LogP contribution in [0.15, 0.2) is 77.3 Å². The fourth-order valence-electron chi connectivity index (χ4n) is 3.70. The Bertz CT molecular complexity index is 1220. The molecule has 4 aromatic rings. The Morgan fingerprint density at radius 2 is 1.73 bits per heavy atom. The van der Waals surface area contributed by atoms with E-state index >= 15 is 0 Å². The number of nitrogens with one attached hydrogen (secondary N) is 1. The first kappa shape index (κ1) is 22.9. The number of imidazole rings is 1. The highest BCUT2D eigenvalue weighted by Crippen LogP contribution is 2.26. The van der Waals surface area contributed by atoms with Crippen LogP contribution in [0.2, 0.25) is 0 Å². The lowest BCUT2D eigenvalue weighted by Gasteiger charge is -2.13. The number of benzene rings is 3. The molecule has 7 heteroatoms. The number of rotatable bonds is 10. The molecule has 33 heavy (non-hydrogen) atoms. The van der Waals surface area contributed by atoms with Crippen LogP contribution in [0.3, 0.4) is 0 Å². The molecule has 0 bridgehead atoms. The predicted octanol–water partition coefficient (Wildman–Crippen LogP) is 5.25. The number of carbonyl (C=O) groups is 1. The van der Waals surface area contributed by atoms with Crippen molar-refractivity contribution in [3.05, 3.63) is 88.7 Å². The lowest BCUT2D eigenvalue weighted by molar-refractivity contribution is 0.0953. The monoisotopic (exact) mass is 507 g/mol. The van der Waals surface area contributed by atoms with E-state index in [1.807, 2.05) is 54.6 Å². The molecule has 0 saturated heterocycles. The zero-order valence-corrected chi connectivity index (χ0v) is 20.0. The number of halogens is 1. The third kappa shape index (κ3) is 5.73. The number of fused-ring (bicyclic) bond motifs is 1. The molecule has 3 aromatic carbocycles. The second kappa shape index (κ2) is 11.0. The molecule has 0 fully saturated rings. The SMILES string of the molecule is COc1ccccc1OCCn1c(CCCNC(=O)c2ccc(Br)cc2)nc2ccccc21. The molecule has 0 radical (unpaired) electrons. The lowest BCUT2D eigenvalue weighted by Crippen LogP contribution is -2.25. The maximum Gasteiger partial charge on any atom is 0.251 e. The molecule has 1 heterocycles. The average Bonchev–Trinajstić information content (AvgIpc) is 3.20. The molecular formula is C26H26BrN3O3. The second-order valence-corrected chi connectivity index (χ2v) is 8.45. The molecule has 4 rings (SSSR count). The Kier molecular flexibility index (Phi) is 7.62. The van der Waals surface area contributed by atoms with Crippen LogP contribution in [-0.4, -0.2) is 35.7 Å². The van der Waals surface area contributed by atoms with Gasteiger partial charge in [-0.2, -0.15) is 0 Å². The smallest absolute Gasteiger partial charge is 0.251 e. The minimum atomic E-state index is -0.0683. The van der Waals surface area contributed by atoms with Crippen LogP contribution in [0.1, 0.15) is 22.6 Å². The summed E-state index contributed by atoms with van der Waals surface area (Å²) >= 11 is 3.39. The van der Waals surface area contributed by atoms with Gasteiger partial charge in [-0.3, -0.25) is 4.79 Å². The molecule has 0 aliphatic heterocycles. The minimum absolute atomic E-state index is 0.0683. The van der Waals surface area contributed by atoms with Crippen LogP contribution in [0.5, 0.6) is 11.5 Å². The Morgan fingerprint density at radius 1 is 1.00 bits per heavy atom. The van der Waals surface area contributed by atoms with Gasteiger partial charge in [0, 0.05) is 23.0 Å². The van der Waals surface area contributed by atoms with E-state index in [0.717, 1.165) is 45.7 Å². The Hall–Kier alpha value is -3.32. The molecule has 6 nitrogen and oxygen atoms in total. The number of ether oxygens (including phenoxy) is 2. The number of nitrogens with zero attached hydrogens (tertiary/aromatic N) is 2. The number of para-hydroxylation sites is 4. The second-order valence-electron chi connectivity index (χ2n) is 7.53.